The molecule has 0 saturated carbocycles. The van der Waals surface area contributed by atoms with E-state index in [4.69, 9.17) is 0 Å². The standard InChI is InChI=1S/C16H25N5O2/c1-4-14-13(8-18-21(14)9-11(2)3)15(22)19-5-6-20-12(10-19)7-17-16(20)23/h8,11-12H,4-7,9-10H2,1-3H3,(H,17,23). The highest BCUT2D eigenvalue weighted by Crippen LogP contribution is 2.19. The number of hydrogen-bond donors (Lipinski definition) is 1. The number of amides is 3. The van der Waals surface area contributed by atoms with Crippen molar-refractivity contribution in [1.29, 1.82) is 0 Å². The van der Waals surface area contributed by atoms with Gasteiger partial charge in [-0.15, -0.1) is 0 Å². The fourth-order valence-corrected chi connectivity index (χ4v) is 3.42. The Morgan fingerprint density at radius 2 is 2.22 bits per heavy atom. The molecule has 0 spiro atoms. The summed E-state index contributed by atoms with van der Waals surface area (Å²) in [6.07, 6.45) is 2.49. The Morgan fingerprint density at radius 3 is 2.91 bits per heavy atom. The predicted molar refractivity (Wildman–Crippen MR) is 86.2 cm³/mol. The van der Waals surface area contributed by atoms with Crippen LogP contribution in [0.2, 0.25) is 0 Å². The molecule has 23 heavy (non-hydrogen) atoms. The van der Waals surface area contributed by atoms with Crippen LogP contribution < -0.4 is 5.32 Å². The fraction of sp³-hybridized carbons (Fsp3) is 0.688. The molecule has 1 unspecified atom stereocenters. The molecule has 2 aliphatic heterocycles. The number of urea groups is 1. The summed E-state index contributed by atoms with van der Waals surface area (Å²) in [5.41, 5.74) is 1.71. The number of nitrogens with zero attached hydrogens (tertiary/aromatic N) is 4. The van der Waals surface area contributed by atoms with Gasteiger partial charge in [0.2, 0.25) is 0 Å². The maximum Gasteiger partial charge on any atom is 0.317 e. The highest BCUT2D eigenvalue weighted by molar-refractivity contribution is 5.95. The summed E-state index contributed by atoms with van der Waals surface area (Å²) in [5.74, 6) is 0.526. The summed E-state index contributed by atoms with van der Waals surface area (Å²) in [7, 11) is 0. The first kappa shape index (κ1) is 15.8. The number of piperazine rings is 1. The minimum Gasteiger partial charge on any atom is -0.336 e. The lowest BCUT2D eigenvalue weighted by Gasteiger charge is -2.36. The predicted octanol–water partition coefficient (Wildman–Crippen LogP) is 0.951. The van der Waals surface area contributed by atoms with Crippen LogP contribution in [0.15, 0.2) is 6.20 Å². The van der Waals surface area contributed by atoms with E-state index in [1.54, 1.807) is 6.20 Å². The molecule has 7 heteroatoms. The van der Waals surface area contributed by atoms with E-state index in [0.29, 0.717) is 37.7 Å². The van der Waals surface area contributed by atoms with Gasteiger partial charge in [0.15, 0.2) is 0 Å². The molecule has 3 rings (SSSR count). The fourth-order valence-electron chi connectivity index (χ4n) is 3.42. The molecule has 126 valence electrons. The summed E-state index contributed by atoms with van der Waals surface area (Å²) >= 11 is 0. The lowest BCUT2D eigenvalue weighted by Crippen LogP contribution is -2.53. The number of carbonyl (C=O) groups excluding carboxylic acids is 2. The molecule has 1 aromatic rings. The third-order valence-electron chi connectivity index (χ3n) is 4.57. The first-order valence-corrected chi connectivity index (χ1v) is 8.39. The van der Waals surface area contributed by atoms with Gasteiger partial charge in [-0.1, -0.05) is 20.8 Å². The second kappa shape index (κ2) is 6.22. The Hall–Kier alpha value is -2.05. The number of hydrogen-bond acceptors (Lipinski definition) is 3. The number of rotatable bonds is 4. The molecule has 1 atom stereocenters. The van der Waals surface area contributed by atoms with Crippen LogP contribution in [0.25, 0.3) is 0 Å². The van der Waals surface area contributed by atoms with Crippen LogP contribution in [0.1, 0.15) is 36.8 Å². The number of fused-ring (bicyclic) bond motifs is 1. The second-order valence-electron chi connectivity index (χ2n) is 6.72. The van der Waals surface area contributed by atoms with E-state index in [0.717, 1.165) is 18.7 Å². The Balaban J connectivity index is 1.76. The molecule has 3 heterocycles. The largest absolute Gasteiger partial charge is 0.336 e. The molecular formula is C16H25N5O2. The van der Waals surface area contributed by atoms with Crippen molar-refractivity contribution < 1.29 is 9.59 Å². The van der Waals surface area contributed by atoms with Gasteiger partial charge in [-0.2, -0.15) is 5.10 Å². The SMILES string of the molecule is CCc1c(C(=O)N2CCN3C(=O)NCC3C2)cnn1CC(C)C. The van der Waals surface area contributed by atoms with Crippen LogP contribution in [0.5, 0.6) is 0 Å². The monoisotopic (exact) mass is 319 g/mol. The summed E-state index contributed by atoms with van der Waals surface area (Å²) in [6, 6.07) is 0.0806. The van der Waals surface area contributed by atoms with Crippen molar-refractivity contribution in [2.75, 3.05) is 26.2 Å². The first-order valence-electron chi connectivity index (χ1n) is 8.39. The minimum absolute atomic E-state index is 0.0129. The summed E-state index contributed by atoms with van der Waals surface area (Å²) in [5, 5.41) is 7.26. The summed E-state index contributed by atoms with van der Waals surface area (Å²) in [6.45, 7) is 9.57. The van der Waals surface area contributed by atoms with Gasteiger partial charge < -0.3 is 15.1 Å². The van der Waals surface area contributed by atoms with Gasteiger partial charge in [0, 0.05) is 32.7 Å². The maximum atomic E-state index is 12.9. The zero-order valence-corrected chi connectivity index (χ0v) is 14.1. The molecule has 0 bridgehead atoms. The smallest absolute Gasteiger partial charge is 0.317 e. The van der Waals surface area contributed by atoms with Gasteiger partial charge >= 0.3 is 6.03 Å². The zero-order valence-electron chi connectivity index (χ0n) is 14.1. The lowest BCUT2D eigenvalue weighted by atomic mass is 10.1. The van der Waals surface area contributed by atoms with E-state index in [-0.39, 0.29) is 18.0 Å². The highest BCUT2D eigenvalue weighted by Gasteiger charge is 2.37. The molecule has 0 radical (unpaired) electrons. The lowest BCUT2D eigenvalue weighted by molar-refractivity contribution is 0.0615. The van der Waals surface area contributed by atoms with Gasteiger partial charge in [-0.25, -0.2) is 4.79 Å². The topological polar surface area (TPSA) is 70.5 Å². The van der Waals surface area contributed by atoms with Crippen LogP contribution in [-0.2, 0) is 13.0 Å². The zero-order chi connectivity index (χ0) is 16.6. The molecule has 3 amide bonds. The number of carbonyl (C=O) groups is 2. The van der Waals surface area contributed by atoms with Gasteiger partial charge in [0.05, 0.1) is 23.5 Å². The van der Waals surface area contributed by atoms with Crippen LogP contribution in [0, 0.1) is 5.92 Å². The third kappa shape index (κ3) is 2.92. The summed E-state index contributed by atoms with van der Waals surface area (Å²) in [4.78, 5) is 28.2. The Bertz CT molecular complexity index is 610. The Kier molecular flexibility index (Phi) is 4.28. The molecule has 2 aliphatic rings. The molecule has 1 N–H and O–H groups in total. The third-order valence-corrected chi connectivity index (χ3v) is 4.57. The van der Waals surface area contributed by atoms with Crippen molar-refractivity contribution in [2.24, 2.45) is 5.92 Å². The average molecular weight is 319 g/mol. The van der Waals surface area contributed by atoms with Crippen molar-refractivity contribution >= 4 is 11.9 Å². The minimum atomic E-state index is -0.0129. The van der Waals surface area contributed by atoms with Crippen molar-refractivity contribution in [3.63, 3.8) is 0 Å². The van der Waals surface area contributed by atoms with Crippen LogP contribution >= 0.6 is 0 Å². The van der Waals surface area contributed by atoms with E-state index >= 15 is 0 Å². The van der Waals surface area contributed by atoms with E-state index in [1.807, 2.05) is 14.5 Å². The normalized spacial score (nSPS) is 20.9. The molecular weight excluding hydrogens is 294 g/mol. The average Bonchev–Trinajstić information content (AvgIpc) is 3.09. The van der Waals surface area contributed by atoms with Gasteiger partial charge in [0.25, 0.3) is 5.91 Å². The van der Waals surface area contributed by atoms with Gasteiger partial charge in [0.1, 0.15) is 0 Å². The molecule has 1 aromatic heterocycles. The maximum absolute atomic E-state index is 12.9. The second-order valence-corrected chi connectivity index (χ2v) is 6.72. The van der Waals surface area contributed by atoms with E-state index in [2.05, 4.69) is 31.2 Å². The molecule has 0 aromatic carbocycles. The van der Waals surface area contributed by atoms with E-state index in [1.165, 1.54) is 0 Å². The van der Waals surface area contributed by atoms with Crippen LogP contribution in [-0.4, -0.2) is 63.7 Å². The quantitative estimate of drug-likeness (QED) is 0.898. The van der Waals surface area contributed by atoms with Crippen molar-refractivity contribution in [2.45, 2.75) is 39.8 Å². The van der Waals surface area contributed by atoms with E-state index < -0.39 is 0 Å². The van der Waals surface area contributed by atoms with Gasteiger partial charge in [-0.05, 0) is 12.3 Å². The highest BCUT2D eigenvalue weighted by atomic mass is 16.2. The molecule has 2 fully saturated rings. The first-order chi connectivity index (χ1) is 11.0. The van der Waals surface area contributed by atoms with Crippen LogP contribution in [0.4, 0.5) is 4.79 Å². The summed E-state index contributed by atoms with van der Waals surface area (Å²) < 4.78 is 1.95. The Labute approximate surface area is 136 Å². The van der Waals surface area contributed by atoms with Gasteiger partial charge in [-0.3, -0.25) is 9.48 Å². The molecule has 0 aliphatic carbocycles. The van der Waals surface area contributed by atoms with Crippen molar-refractivity contribution in [3.05, 3.63) is 17.5 Å². The van der Waals surface area contributed by atoms with Crippen LogP contribution in [0.3, 0.4) is 0 Å². The Morgan fingerprint density at radius 1 is 1.43 bits per heavy atom. The number of nitrogens with one attached hydrogen (secondary N) is 1. The van der Waals surface area contributed by atoms with Crippen molar-refractivity contribution in [1.82, 2.24) is 24.9 Å². The van der Waals surface area contributed by atoms with Crippen molar-refractivity contribution in [3.8, 4) is 0 Å². The molecule has 2 saturated heterocycles. The molecule has 7 nitrogen and oxygen atoms in total. The van der Waals surface area contributed by atoms with E-state index in [9.17, 15) is 9.59 Å². The number of aromatic nitrogens is 2.